The minimum atomic E-state index is 0.517. The van der Waals surface area contributed by atoms with Gasteiger partial charge in [-0.15, -0.1) is 11.3 Å². The fourth-order valence-corrected chi connectivity index (χ4v) is 2.48. The van der Waals surface area contributed by atoms with Crippen LogP contribution in [0.2, 0.25) is 0 Å². The molecule has 1 aliphatic rings. The van der Waals surface area contributed by atoms with Gasteiger partial charge < -0.3 is 5.32 Å². The van der Waals surface area contributed by atoms with Gasteiger partial charge in [-0.1, -0.05) is 0 Å². The normalized spacial score (nSPS) is 19.5. The molecule has 66 valence electrons. The molecular formula is C9H14N2S. The fourth-order valence-electron chi connectivity index (χ4n) is 1.51. The van der Waals surface area contributed by atoms with Crippen LogP contribution in [0.25, 0.3) is 0 Å². The molecule has 1 unspecified atom stereocenters. The molecule has 2 nitrogen and oxygen atoms in total. The monoisotopic (exact) mass is 182 g/mol. The van der Waals surface area contributed by atoms with Crippen molar-refractivity contribution in [2.45, 2.75) is 25.8 Å². The summed E-state index contributed by atoms with van der Waals surface area (Å²) in [6, 6.07) is 0.517. The number of hydrogen-bond donors (Lipinski definition) is 1. The van der Waals surface area contributed by atoms with Crippen LogP contribution in [-0.4, -0.2) is 12.0 Å². The van der Waals surface area contributed by atoms with Gasteiger partial charge in [0.05, 0.1) is 6.04 Å². The van der Waals surface area contributed by atoms with E-state index in [1.165, 1.54) is 22.7 Å². The highest BCUT2D eigenvalue weighted by Gasteiger charge is 2.32. The standard InChI is InChI=1S/C9H14N2S/c1-6-5-11-9(12-6)8(10-2)7-3-4-7/h5,7-8,10H,3-4H2,1-2H3. The fraction of sp³-hybridized carbons (Fsp3) is 0.667. The number of hydrogen-bond acceptors (Lipinski definition) is 3. The van der Waals surface area contributed by atoms with Crippen LogP contribution in [0.3, 0.4) is 0 Å². The van der Waals surface area contributed by atoms with Crippen molar-refractivity contribution >= 4 is 11.3 Å². The molecule has 1 N–H and O–H groups in total. The second kappa shape index (κ2) is 3.15. The van der Waals surface area contributed by atoms with Crippen molar-refractivity contribution in [3.63, 3.8) is 0 Å². The maximum atomic E-state index is 4.40. The first-order valence-electron chi connectivity index (χ1n) is 4.41. The summed E-state index contributed by atoms with van der Waals surface area (Å²) in [5.74, 6) is 0.848. The summed E-state index contributed by atoms with van der Waals surface area (Å²) < 4.78 is 0. The first kappa shape index (κ1) is 8.20. The van der Waals surface area contributed by atoms with Gasteiger partial charge >= 0.3 is 0 Å². The first-order chi connectivity index (χ1) is 5.81. The molecule has 0 spiro atoms. The zero-order valence-electron chi connectivity index (χ0n) is 7.50. The van der Waals surface area contributed by atoms with Crippen LogP contribution in [0.15, 0.2) is 6.20 Å². The van der Waals surface area contributed by atoms with E-state index >= 15 is 0 Å². The second-order valence-corrected chi connectivity index (χ2v) is 4.68. The lowest BCUT2D eigenvalue weighted by Gasteiger charge is -2.10. The SMILES string of the molecule is CNC(c1ncc(C)s1)C1CC1. The van der Waals surface area contributed by atoms with Gasteiger partial charge in [-0.25, -0.2) is 4.98 Å². The van der Waals surface area contributed by atoms with Crippen molar-refractivity contribution in [3.8, 4) is 0 Å². The summed E-state index contributed by atoms with van der Waals surface area (Å²) in [7, 11) is 2.03. The van der Waals surface area contributed by atoms with Gasteiger partial charge in [-0.2, -0.15) is 0 Å². The summed E-state index contributed by atoms with van der Waals surface area (Å²) in [6.45, 7) is 2.11. The number of nitrogens with zero attached hydrogens (tertiary/aromatic N) is 1. The Kier molecular flexibility index (Phi) is 2.15. The van der Waals surface area contributed by atoms with Gasteiger partial charge in [-0.3, -0.25) is 0 Å². The smallest absolute Gasteiger partial charge is 0.110 e. The third-order valence-corrected chi connectivity index (χ3v) is 3.31. The van der Waals surface area contributed by atoms with Gasteiger partial charge in [0.25, 0.3) is 0 Å². The van der Waals surface area contributed by atoms with Crippen LogP contribution in [-0.2, 0) is 0 Å². The van der Waals surface area contributed by atoms with Crippen LogP contribution in [0.1, 0.15) is 28.8 Å². The minimum Gasteiger partial charge on any atom is -0.311 e. The average molecular weight is 182 g/mol. The molecule has 1 aromatic heterocycles. The molecule has 0 saturated heterocycles. The molecular weight excluding hydrogens is 168 g/mol. The topological polar surface area (TPSA) is 24.9 Å². The third-order valence-electron chi connectivity index (χ3n) is 2.31. The van der Waals surface area contributed by atoms with Crippen molar-refractivity contribution in [1.29, 1.82) is 0 Å². The Hall–Kier alpha value is -0.410. The Bertz CT molecular complexity index is 265. The molecule has 0 bridgehead atoms. The minimum absolute atomic E-state index is 0.517. The highest BCUT2D eigenvalue weighted by Crippen LogP contribution is 2.41. The van der Waals surface area contributed by atoms with Crippen LogP contribution in [0.4, 0.5) is 0 Å². The van der Waals surface area contributed by atoms with Crippen LogP contribution in [0.5, 0.6) is 0 Å². The zero-order valence-corrected chi connectivity index (χ0v) is 8.32. The zero-order chi connectivity index (χ0) is 8.55. The largest absolute Gasteiger partial charge is 0.311 e. The molecule has 3 heteroatoms. The number of thiazole rings is 1. The molecule has 1 fully saturated rings. The van der Waals surface area contributed by atoms with Gasteiger partial charge in [0.2, 0.25) is 0 Å². The van der Waals surface area contributed by atoms with Crippen LogP contribution >= 0.6 is 11.3 Å². The summed E-state index contributed by atoms with van der Waals surface area (Å²) in [6.07, 6.45) is 4.70. The summed E-state index contributed by atoms with van der Waals surface area (Å²) in [5, 5.41) is 4.60. The van der Waals surface area contributed by atoms with E-state index in [0.717, 1.165) is 5.92 Å². The lowest BCUT2D eigenvalue weighted by molar-refractivity contribution is 0.526. The molecule has 1 heterocycles. The van der Waals surface area contributed by atoms with Crippen molar-refractivity contribution < 1.29 is 0 Å². The van der Waals surface area contributed by atoms with Gasteiger partial charge in [0.1, 0.15) is 5.01 Å². The maximum absolute atomic E-state index is 4.40. The molecule has 2 rings (SSSR count). The number of aryl methyl sites for hydroxylation is 1. The predicted molar refractivity (Wildman–Crippen MR) is 51.4 cm³/mol. The predicted octanol–water partition coefficient (Wildman–Crippen LogP) is 2.12. The average Bonchev–Trinajstić information content (AvgIpc) is 2.78. The van der Waals surface area contributed by atoms with Gasteiger partial charge in [0, 0.05) is 11.1 Å². The quantitative estimate of drug-likeness (QED) is 0.774. The highest BCUT2D eigenvalue weighted by atomic mass is 32.1. The molecule has 1 saturated carbocycles. The van der Waals surface area contributed by atoms with Gasteiger partial charge in [-0.05, 0) is 32.7 Å². The Morgan fingerprint density at radius 3 is 2.83 bits per heavy atom. The van der Waals surface area contributed by atoms with Crippen molar-refractivity contribution in [2.75, 3.05) is 7.05 Å². The van der Waals surface area contributed by atoms with E-state index in [-0.39, 0.29) is 0 Å². The Labute approximate surface area is 77.0 Å². The Balaban J connectivity index is 2.15. The van der Waals surface area contributed by atoms with E-state index in [4.69, 9.17) is 0 Å². The summed E-state index contributed by atoms with van der Waals surface area (Å²) in [4.78, 5) is 5.72. The number of aromatic nitrogens is 1. The molecule has 0 aromatic carbocycles. The van der Waals surface area contributed by atoms with E-state index < -0.39 is 0 Å². The second-order valence-electron chi connectivity index (χ2n) is 3.41. The lowest BCUT2D eigenvalue weighted by Crippen LogP contribution is -2.17. The lowest BCUT2D eigenvalue weighted by atomic mass is 10.2. The molecule has 1 atom stereocenters. The number of nitrogens with one attached hydrogen (secondary N) is 1. The van der Waals surface area contributed by atoms with E-state index in [0.29, 0.717) is 6.04 Å². The molecule has 0 amide bonds. The van der Waals surface area contributed by atoms with Crippen LogP contribution < -0.4 is 5.32 Å². The van der Waals surface area contributed by atoms with E-state index in [2.05, 4.69) is 17.2 Å². The molecule has 12 heavy (non-hydrogen) atoms. The van der Waals surface area contributed by atoms with Crippen molar-refractivity contribution in [1.82, 2.24) is 10.3 Å². The molecule has 0 aliphatic heterocycles. The van der Waals surface area contributed by atoms with E-state index in [9.17, 15) is 0 Å². The van der Waals surface area contributed by atoms with E-state index in [1.54, 1.807) is 0 Å². The molecule has 1 aromatic rings. The molecule has 1 aliphatic carbocycles. The Morgan fingerprint density at radius 1 is 1.67 bits per heavy atom. The number of rotatable bonds is 3. The van der Waals surface area contributed by atoms with Crippen molar-refractivity contribution in [3.05, 3.63) is 16.1 Å². The van der Waals surface area contributed by atoms with Crippen molar-refractivity contribution in [2.24, 2.45) is 5.92 Å². The Morgan fingerprint density at radius 2 is 2.42 bits per heavy atom. The van der Waals surface area contributed by atoms with Gasteiger partial charge in [0.15, 0.2) is 0 Å². The third kappa shape index (κ3) is 1.52. The summed E-state index contributed by atoms with van der Waals surface area (Å²) >= 11 is 1.82. The van der Waals surface area contributed by atoms with E-state index in [1.807, 2.05) is 24.6 Å². The highest BCUT2D eigenvalue weighted by molar-refractivity contribution is 7.11. The summed E-state index contributed by atoms with van der Waals surface area (Å²) in [5.41, 5.74) is 0. The first-order valence-corrected chi connectivity index (χ1v) is 5.22. The molecule has 0 radical (unpaired) electrons. The van der Waals surface area contributed by atoms with Crippen LogP contribution in [0, 0.1) is 12.8 Å². The maximum Gasteiger partial charge on any atom is 0.110 e.